The van der Waals surface area contributed by atoms with Gasteiger partial charge in [-0.25, -0.2) is 14.4 Å². The van der Waals surface area contributed by atoms with Gasteiger partial charge in [-0.15, -0.1) is 11.3 Å². The lowest BCUT2D eigenvalue weighted by molar-refractivity contribution is 0.623. The fourth-order valence-corrected chi connectivity index (χ4v) is 4.73. The van der Waals surface area contributed by atoms with Gasteiger partial charge in [-0.1, -0.05) is 60.7 Å². The fourth-order valence-electron chi connectivity index (χ4n) is 3.75. The van der Waals surface area contributed by atoms with Gasteiger partial charge in [-0.05, 0) is 23.6 Å². The van der Waals surface area contributed by atoms with Gasteiger partial charge in [0.1, 0.15) is 5.82 Å². The van der Waals surface area contributed by atoms with E-state index < -0.39 is 5.82 Å². The highest BCUT2D eigenvalue weighted by Crippen LogP contribution is 2.37. The molecule has 0 fully saturated rings. The van der Waals surface area contributed by atoms with Gasteiger partial charge in [0.05, 0.1) is 22.0 Å². The van der Waals surface area contributed by atoms with Crippen LogP contribution in [-0.4, -0.2) is 27.5 Å². The number of halogens is 1. The van der Waals surface area contributed by atoms with Gasteiger partial charge in [0.25, 0.3) is 0 Å². The Kier molecular flexibility index (Phi) is 6.06. The zero-order valence-corrected chi connectivity index (χ0v) is 18.6. The van der Waals surface area contributed by atoms with Gasteiger partial charge in [-0.2, -0.15) is 0 Å². The number of hydrogen-bond acceptors (Lipinski definition) is 6. The smallest absolute Gasteiger partial charge is 0.165 e. The van der Waals surface area contributed by atoms with Gasteiger partial charge >= 0.3 is 0 Å². The summed E-state index contributed by atoms with van der Waals surface area (Å²) >= 11 is 1.56. The molecule has 164 valence electrons. The van der Waals surface area contributed by atoms with Crippen molar-refractivity contribution in [3.8, 4) is 22.5 Å². The monoisotopic (exact) mass is 455 g/mol. The van der Waals surface area contributed by atoms with Crippen LogP contribution in [0.5, 0.6) is 0 Å². The molecule has 0 saturated heterocycles. The SMILES string of the molecule is N[C@H](CNc1nc(-c2ccncc2F)nc2c(-c3ccccc3)csc12)Cc1ccccc1. The first kappa shape index (κ1) is 21.2. The molecule has 3 heterocycles. The second kappa shape index (κ2) is 9.44. The van der Waals surface area contributed by atoms with Crippen LogP contribution in [0.1, 0.15) is 5.56 Å². The highest BCUT2D eigenvalue weighted by molar-refractivity contribution is 7.18. The number of thiophene rings is 1. The first-order valence-corrected chi connectivity index (χ1v) is 11.5. The first-order chi connectivity index (χ1) is 16.2. The average molecular weight is 456 g/mol. The van der Waals surface area contributed by atoms with Crippen molar-refractivity contribution in [3.05, 3.63) is 95.9 Å². The van der Waals surface area contributed by atoms with E-state index in [9.17, 15) is 4.39 Å². The third kappa shape index (κ3) is 4.60. The Morgan fingerprint density at radius 3 is 2.45 bits per heavy atom. The van der Waals surface area contributed by atoms with Crippen LogP contribution >= 0.6 is 11.3 Å². The molecule has 0 aliphatic heterocycles. The molecule has 0 bridgehead atoms. The predicted octanol–water partition coefficient (Wildman–Crippen LogP) is 5.54. The summed E-state index contributed by atoms with van der Waals surface area (Å²) in [6.45, 7) is 0.526. The van der Waals surface area contributed by atoms with Gasteiger partial charge in [0, 0.05) is 29.7 Å². The molecule has 0 radical (unpaired) electrons. The van der Waals surface area contributed by atoms with Crippen molar-refractivity contribution >= 4 is 27.4 Å². The van der Waals surface area contributed by atoms with Crippen molar-refractivity contribution in [2.24, 2.45) is 5.73 Å². The lowest BCUT2D eigenvalue weighted by Gasteiger charge is -2.15. The molecule has 3 N–H and O–H groups in total. The van der Waals surface area contributed by atoms with Crippen molar-refractivity contribution in [1.29, 1.82) is 0 Å². The van der Waals surface area contributed by atoms with Crippen LogP contribution in [-0.2, 0) is 6.42 Å². The molecule has 0 aliphatic rings. The number of pyridine rings is 1. The quantitative estimate of drug-likeness (QED) is 0.337. The van der Waals surface area contributed by atoms with Crippen LogP contribution in [0.2, 0.25) is 0 Å². The van der Waals surface area contributed by atoms with Crippen LogP contribution < -0.4 is 11.1 Å². The number of nitrogens with one attached hydrogen (secondary N) is 1. The van der Waals surface area contributed by atoms with E-state index in [1.54, 1.807) is 23.6 Å². The minimum absolute atomic E-state index is 0.105. The number of hydrogen-bond donors (Lipinski definition) is 2. The summed E-state index contributed by atoms with van der Waals surface area (Å²) in [5.74, 6) is 0.513. The Hall–Kier alpha value is -3.68. The highest BCUT2D eigenvalue weighted by Gasteiger charge is 2.18. The lowest BCUT2D eigenvalue weighted by atomic mass is 10.1. The molecule has 0 unspecified atom stereocenters. The van der Waals surface area contributed by atoms with Gasteiger partial charge in [0.15, 0.2) is 11.6 Å². The minimum Gasteiger partial charge on any atom is -0.367 e. The second-order valence-corrected chi connectivity index (χ2v) is 8.65. The molecular formula is C26H22FN5S. The average Bonchev–Trinajstić information content (AvgIpc) is 3.28. The van der Waals surface area contributed by atoms with E-state index in [1.165, 1.54) is 11.8 Å². The van der Waals surface area contributed by atoms with Crippen LogP contribution in [0.4, 0.5) is 10.2 Å². The highest BCUT2D eigenvalue weighted by atomic mass is 32.1. The molecule has 0 aliphatic carbocycles. The second-order valence-electron chi connectivity index (χ2n) is 7.78. The molecule has 0 spiro atoms. The van der Waals surface area contributed by atoms with Gasteiger partial charge in [-0.3, -0.25) is 4.98 Å². The summed E-state index contributed by atoms with van der Waals surface area (Å²) in [7, 11) is 0. The molecule has 1 atom stereocenters. The summed E-state index contributed by atoms with van der Waals surface area (Å²) < 4.78 is 15.4. The summed E-state index contributed by atoms with van der Waals surface area (Å²) in [6, 6.07) is 21.7. The van der Waals surface area contributed by atoms with E-state index in [4.69, 9.17) is 10.7 Å². The Morgan fingerprint density at radius 1 is 0.939 bits per heavy atom. The number of rotatable bonds is 7. The normalized spacial score (nSPS) is 12.1. The predicted molar refractivity (Wildman–Crippen MR) is 133 cm³/mol. The number of fused-ring (bicyclic) bond motifs is 1. The zero-order chi connectivity index (χ0) is 22.6. The molecule has 7 heteroatoms. The largest absolute Gasteiger partial charge is 0.367 e. The molecule has 5 rings (SSSR count). The van der Waals surface area contributed by atoms with E-state index >= 15 is 0 Å². The zero-order valence-electron chi connectivity index (χ0n) is 17.8. The maximum Gasteiger partial charge on any atom is 0.165 e. The molecular weight excluding hydrogens is 433 g/mol. The standard InChI is InChI=1S/C26H22FN5S/c27-22-15-29-12-11-20(22)25-31-23-21(18-9-5-2-6-10-18)16-33-24(23)26(32-25)30-14-19(28)13-17-7-3-1-4-8-17/h1-12,15-16,19H,13-14,28H2,(H,30,31,32)/t19-/m0/s1. The van der Waals surface area contributed by atoms with Gasteiger partial charge < -0.3 is 11.1 Å². The number of aromatic nitrogens is 3. The maximum absolute atomic E-state index is 14.5. The third-order valence-electron chi connectivity index (χ3n) is 5.39. The van der Waals surface area contributed by atoms with Crippen molar-refractivity contribution < 1.29 is 4.39 Å². The lowest BCUT2D eigenvalue weighted by Crippen LogP contribution is -2.31. The van der Waals surface area contributed by atoms with Crippen molar-refractivity contribution in [1.82, 2.24) is 15.0 Å². The van der Waals surface area contributed by atoms with Crippen LogP contribution in [0.15, 0.2) is 84.5 Å². The summed E-state index contributed by atoms with van der Waals surface area (Å²) in [6.07, 6.45) is 3.46. The number of anilines is 1. The van der Waals surface area contributed by atoms with E-state index in [-0.39, 0.29) is 6.04 Å². The Morgan fingerprint density at radius 2 is 1.70 bits per heavy atom. The molecule has 2 aromatic carbocycles. The molecule has 33 heavy (non-hydrogen) atoms. The molecule has 3 aromatic heterocycles. The van der Waals surface area contributed by atoms with Crippen LogP contribution in [0.3, 0.4) is 0 Å². The van der Waals surface area contributed by atoms with Crippen LogP contribution in [0.25, 0.3) is 32.7 Å². The summed E-state index contributed by atoms with van der Waals surface area (Å²) in [5, 5.41) is 5.46. The fraction of sp³-hybridized carbons (Fsp3) is 0.115. The van der Waals surface area contributed by atoms with Crippen molar-refractivity contribution in [2.75, 3.05) is 11.9 Å². The van der Waals surface area contributed by atoms with Crippen molar-refractivity contribution in [2.45, 2.75) is 12.5 Å². The van der Waals surface area contributed by atoms with E-state index in [2.05, 4.69) is 32.8 Å². The molecule has 0 saturated carbocycles. The minimum atomic E-state index is -0.458. The Balaban J connectivity index is 1.52. The Labute approximate surface area is 195 Å². The number of nitrogens with two attached hydrogens (primary N) is 1. The van der Waals surface area contributed by atoms with Crippen molar-refractivity contribution in [3.63, 3.8) is 0 Å². The molecule has 0 amide bonds. The summed E-state index contributed by atoms with van der Waals surface area (Å²) in [5.41, 5.74) is 10.7. The number of nitrogens with zero attached hydrogens (tertiary/aromatic N) is 3. The van der Waals surface area contributed by atoms with E-state index in [0.29, 0.717) is 23.8 Å². The third-order valence-corrected chi connectivity index (χ3v) is 6.36. The van der Waals surface area contributed by atoms with E-state index in [1.807, 2.05) is 48.5 Å². The van der Waals surface area contributed by atoms with E-state index in [0.717, 1.165) is 27.8 Å². The van der Waals surface area contributed by atoms with Gasteiger partial charge in [0.2, 0.25) is 0 Å². The summed E-state index contributed by atoms with van der Waals surface area (Å²) in [4.78, 5) is 13.3. The number of benzene rings is 2. The van der Waals surface area contributed by atoms with Crippen LogP contribution in [0, 0.1) is 5.82 Å². The maximum atomic E-state index is 14.5. The Bertz CT molecular complexity index is 1370. The molecule has 5 nitrogen and oxygen atoms in total. The topological polar surface area (TPSA) is 76.7 Å². The molecule has 5 aromatic rings. The first-order valence-electron chi connectivity index (χ1n) is 10.7.